The van der Waals surface area contributed by atoms with Crippen LogP contribution in [0.1, 0.15) is 24.8 Å². The highest BCUT2D eigenvalue weighted by Crippen LogP contribution is 2.43. The zero-order chi connectivity index (χ0) is 17.3. The number of rotatable bonds is 6. The zero-order valence-corrected chi connectivity index (χ0v) is 15.6. The highest BCUT2D eigenvalue weighted by molar-refractivity contribution is 7.18. The predicted molar refractivity (Wildman–Crippen MR) is 102 cm³/mol. The summed E-state index contributed by atoms with van der Waals surface area (Å²) in [4.78, 5) is 10.4. The van der Waals surface area contributed by atoms with Crippen LogP contribution in [0.15, 0.2) is 42.9 Å². The molecule has 3 aromatic rings. The molecule has 0 amide bonds. The summed E-state index contributed by atoms with van der Waals surface area (Å²) in [5.41, 5.74) is 2.72. The van der Waals surface area contributed by atoms with E-state index in [-0.39, 0.29) is 5.41 Å². The molecule has 2 heterocycles. The van der Waals surface area contributed by atoms with E-state index >= 15 is 0 Å². The minimum Gasteiger partial charge on any atom is -0.384 e. The highest BCUT2D eigenvalue weighted by Gasteiger charge is 2.37. The molecule has 4 nitrogen and oxygen atoms in total. The number of nitrogens with zero attached hydrogens (tertiary/aromatic N) is 3. The smallest absolute Gasteiger partial charge is 0.151 e. The van der Waals surface area contributed by atoms with E-state index in [1.165, 1.54) is 30.4 Å². The number of aromatic nitrogens is 3. The van der Waals surface area contributed by atoms with Crippen molar-refractivity contribution in [3.05, 3.63) is 48.4 Å². The van der Waals surface area contributed by atoms with Crippen LogP contribution in [-0.2, 0) is 11.3 Å². The molecule has 1 saturated carbocycles. The summed E-state index contributed by atoms with van der Waals surface area (Å²) in [7, 11) is 1.80. The Labute approximate surface area is 152 Å². The molecule has 0 radical (unpaired) electrons. The number of hydrogen-bond acceptors (Lipinski definition) is 4. The van der Waals surface area contributed by atoms with Crippen molar-refractivity contribution in [3.8, 4) is 21.3 Å². The molecule has 0 unspecified atom stereocenters. The average Bonchev–Trinajstić information content (AvgIpc) is 3.22. The largest absolute Gasteiger partial charge is 0.384 e. The molecule has 25 heavy (non-hydrogen) atoms. The van der Waals surface area contributed by atoms with E-state index in [1.54, 1.807) is 18.4 Å². The van der Waals surface area contributed by atoms with Crippen LogP contribution in [0.3, 0.4) is 0 Å². The summed E-state index contributed by atoms with van der Waals surface area (Å²) in [6, 6.07) is 8.39. The maximum Gasteiger partial charge on any atom is 0.151 e. The first-order valence-corrected chi connectivity index (χ1v) is 9.55. The third-order valence-electron chi connectivity index (χ3n) is 5.19. The second-order valence-electron chi connectivity index (χ2n) is 7.01. The normalized spacial score (nSPS) is 15.9. The molecular weight excluding hydrogens is 330 g/mol. The van der Waals surface area contributed by atoms with E-state index < -0.39 is 0 Å². The molecule has 0 saturated heterocycles. The van der Waals surface area contributed by atoms with Gasteiger partial charge in [0.25, 0.3) is 0 Å². The molecule has 2 aromatic heterocycles. The lowest BCUT2D eigenvalue weighted by atomic mass is 9.69. The number of imidazole rings is 1. The van der Waals surface area contributed by atoms with Gasteiger partial charge in [0, 0.05) is 43.2 Å². The van der Waals surface area contributed by atoms with E-state index in [0.29, 0.717) is 0 Å². The van der Waals surface area contributed by atoms with Gasteiger partial charge in [-0.3, -0.25) is 0 Å². The van der Waals surface area contributed by atoms with Crippen LogP contribution in [0, 0.1) is 12.3 Å². The van der Waals surface area contributed by atoms with E-state index in [9.17, 15) is 0 Å². The van der Waals surface area contributed by atoms with Gasteiger partial charge in [0.15, 0.2) is 5.82 Å². The summed E-state index contributed by atoms with van der Waals surface area (Å²) in [6.07, 6.45) is 9.69. The van der Waals surface area contributed by atoms with Gasteiger partial charge in [-0.15, -0.1) is 11.3 Å². The summed E-state index contributed by atoms with van der Waals surface area (Å²) in [6.45, 7) is 3.91. The lowest BCUT2D eigenvalue weighted by Gasteiger charge is -2.41. The number of aryl methyl sites for hydroxylation is 1. The van der Waals surface area contributed by atoms with Gasteiger partial charge in [0.05, 0.1) is 11.5 Å². The Kier molecular flexibility index (Phi) is 4.44. The SMILES string of the molecule is COCC1(Cn2ccnc2-c2cnc(-c3ccccc3C)s2)CCC1. The number of benzene rings is 1. The lowest BCUT2D eigenvalue weighted by molar-refractivity contribution is 0.00373. The Morgan fingerprint density at radius 1 is 1.24 bits per heavy atom. The van der Waals surface area contributed by atoms with E-state index in [0.717, 1.165) is 28.9 Å². The Hall–Kier alpha value is -1.98. The number of methoxy groups -OCH3 is 1. The van der Waals surface area contributed by atoms with Crippen LogP contribution in [-0.4, -0.2) is 28.3 Å². The van der Waals surface area contributed by atoms with Gasteiger partial charge in [-0.05, 0) is 25.3 Å². The van der Waals surface area contributed by atoms with Gasteiger partial charge >= 0.3 is 0 Å². The predicted octanol–water partition coefficient (Wildman–Crippen LogP) is 4.80. The Bertz CT molecular complexity index is 863. The fraction of sp³-hybridized carbons (Fsp3) is 0.400. The van der Waals surface area contributed by atoms with Gasteiger partial charge in [-0.2, -0.15) is 0 Å². The standard InChI is InChI=1S/C20H23N3OS/c1-15-6-3-4-7-16(15)19-22-12-17(25-19)18-21-10-11-23(18)13-20(14-24-2)8-5-9-20/h3-4,6-7,10-12H,5,8-9,13-14H2,1-2H3. The van der Waals surface area contributed by atoms with Crippen LogP contribution in [0.2, 0.25) is 0 Å². The fourth-order valence-corrected chi connectivity index (χ4v) is 4.69. The lowest BCUT2D eigenvalue weighted by Crippen LogP contribution is -2.38. The Morgan fingerprint density at radius 2 is 2.08 bits per heavy atom. The summed E-state index contributed by atoms with van der Waals surface area (Å²) < 4.78 is 7.75. The zero-order valence-electron chi connectivity index (χ0n) is 14.7. The second-order valence-corrected chi connectivity index (χ2v) is 8.04. The van der Waals surface area contributed by atoms with Crippen LogP contribution in [0.5, 0.6) is 0 Å². The van der Waals surface area contributed by atoms with E-state index in [4.69, 9.17) is 4.74 Å². The second kappa shape index (κ2) is 6.73. The maximum atomic E-state index is 5.48. The minimum atomic E-state index is 0.272. The van der Waals surface area contributed by atoms with Gasteiger partial charge in [0.1, 0.15) is 5.01 Å². The summed E-state index contributed by atoms with van der Waals surface area (Å²) >= 11 is 1.71. The first kappa shape index (κ1) is 16.5. The Morgan fingerprint density at radius 3 is 2.80 bits per heavy atom. The first-order valence-electron chi connectivity index (χ1n) is 8.73. The molecule has 1 fully saturated rings. The Balaban J connectivity index is 1.62. The van der Waals surface area contributed by atoms with Crippen molar-refractivity contribution in [2.75, 3.05) is 13.7 Å². The van der Waals surface area contributed by atoms with E-state index in [2.05, 4.69) is 51.9 Å². The third kappa shape index (κ3) is 3.14. The molecule has 4 rings (SSSR count). The van der Waals surface area contributed by atoms with Crippen molar-refractivity contribution in [2.45, 2.75) is 32.7 Å². The summed E-state index contributed by atoms with van der Waals surface area (Å²) in [5.74, 6) is 1.01. The van der Waals surface area contributed by atoms with Gasteiger partial charge in [0.2, 0.25) is 0 Å². The number of thiazole rings is 1. The fourth-order valence-electron chi connectivity index (χ4n) is 3.67. The number of ether oxygens (including phenoxy) is 1. The third-order valence-corrected chi connectivity index (χ3v) is 6.21. The van der Waals surface area contributed by atoms with Crippen molar-refractivity contribution in [2.24, 2.45) is 5.41 Å². The summed E-state index contributed by atoms with van der Waals surface area (Å²) in [5, 5.41) is 1.05. The minimum absolute atomic E-state index is 0.272. The van der Waals surface area contributed by atoms with Gasteiger partial charge in [-0.1, -0.05) is 30.7 Å². The molecule has 0 atom stereocenters. The molecular formula is C20H23N3OS. The molecule has 1 aliphatic carbocycles. The molecule has 0 aliphatic heterocycles. The van der Waals surface area contributed by atoms with Crippen molar-refractivity contribution in [3.63, 3.8) is 0 Å². The van der Waals surface area contributed by atoms with Gasteiger partial charge < -0.3 is 9.30 Å². The molecule has 5 heteroatoms. The molecule has 130 valence electrons. The monoisotopic (exact) mass is 353 g/mol. The van der Waals surface area contributed by atoms with Crippen molar-refractivity contribution in [1.82, 2.24) is 14.5 Å². The topological polar surface area (TPSA) is 39.9 Å². The van der Waals surface area contributed by atoms with Crippen LogP contribution >= 0.6 is 11.3 Å². The molecule has 0 bridgehead atoms. The highest BCUT2D eigenvalue weighted by atomic mass is 32.1. The number of hydrogen-bond donors (Lipinski definition) is 0. The van der Waals surface area contributed by atoms with Crippen molar-refractivity contribution >= 4 is 11.3 Å². The van der Waals surface area contributed by atoms with Crippen LogP contribution < -0.4 is 0 Å². The molecule has 0 spiro atoms. The molecule has 1 aliphatic rings. The average molecular weight is 353 g/mol. The molecule has 0 N–H and O–H groups in total. The van der Waals surface area contributed by atoms with Gasteiger partial charge in [-0.25, -0.2) is 9.97 Å². The molecule has 1 aromatic carbocycles. The van der Waals surface area contributed by atoms with Crippen LogP contribution in [0.4, 0.5) is 0 Å². The quantitative estimate of drug-likeness (QED) is 0.639. The first-order chi connectivity index (χ1) is 12.2. The van der Waals surface area contributed by atoms with Crippen molar-refractivity contribution < 1.29 is 4.74 Å². The van der Waals surface area contributed by atoms with E-state index in [1.807, 2.05) is 12.4 Å². The van der Waals surface area contributed by atoms with Crippen LogP contribution in [0.25, 0.3) is 21.3 Å². The maximum absolute atomic E-state index is 5.48. The van der Waals surface area contributed by atoms with Crippen molar-refractivity contribution in [1.29, 1.82) is 0 Å².